The highest BCUT2D eigenvalue weighted by atomic mass is 19.4. The fraction of sp³-hybridized carbons (Fsp3) is 0.292. The second kappa shape index (κ2) is 8.38. The molecule has 31 heavy (non-hydrogen) atoms. The van der Waals surface area contributed by atoms with Crippen LogP contribution >= 0.6 is 0 Å². The maximum atomic E-state index is 13.8. The molecule has 0 aliphatic heterocycles. The van der Waals surface area contributed by atoms with Crippen LogP contribution in [0.1, 0.15) is 53.6 Å². The average Bonchev–Trinajstić information content (AvgIpc) is 2.69. The molecule has 1 amide bonds. The third kappa shape index (κ3) is 5.60. The molecule has 0 saturated heterocycles. The highest BCUT2D eigenvalue weighted by Gasteiger charge is 2.34. The molecule has 0 aliphatic rings. The molecule has 3 rings (SSSR count). The maximum absolute atomic E-state index is 13.8. The van der Waals surface area contributed by atoms with Crippen LogP contribution in [0, 0.1) is 24.2 Å². The molecule has 1 N–H and O–H groups in total. The minimum absolute atomic E-state index is 0.0834. The van der Waals surface area contributed by atoms with Crippen LogP contribution in [0.2, 0.25) is 0 Å². The van der Waals surface area contributed by atoms with E-state index in [0.29, 0.717) is 16.6 Å². The number of fused-ring (bicyclic) bond motifs is 1. The Kier molecular flexibility index (Phi) is 6.03. The first-order chi connectivity index (χ1) is 14.4. The van der Waals surface area contributed by atoms with E-state index in [2.05, 4.69) is 27.1 Å². The molecule has 0 spiro atoms. The van der Waals surface area contributed by atoms with Crippen LogP contribution in [-0.4, -0.2) is 15.9 Å². The average molecular weight is 425 g/mol. The standard InChI is InChI=1S/C24H22F3N3O/c1-15-11-20(22(31)29-14-17-7-5-6-10-28-17)30-21-18(15)12-16(8-9-23(2,3)4)13-19(21)24(25,26)27/h5-7,10-13H,14H2,1-4H3,(H,29,31). The highest BCUT2D eigenvalue weighted by Crippen LogP contribution is 2.36. The van der Waals surface area contributed by atoms with Crippen LogP contribution in [0.15, 0.2) is 42.6 Å². The van der Waals surface area contributed by atoms with Crippen molar-refractivity contribution >= 4 is 16.8 Å². The molecular formula is C24H22F3N3O. The smallest absolute Gasteiger partial charge is 0.345 e. The van der Waals surface area contributed by atoms with Crippen LogP contribution in [0.4, 0.5) is 13.2 Å². The van der Waals surface area contributed by atoms with E-state index in [-0.39, 0.29) is 28.7 Å². The molecule has 0 fully saturated rings. The number of carbonyl (C=O) groups is 1. The summed E-state index contributed by atoms with van der Waals surface area (Å²) in [4.78, 5) is 20.7. The van der Waals surface area contributed by atoms with Crippen molar-refractivity contribution < 1.29 is 18.0 Å². The first-order valence-electron chi connectivity index (χ1n) is 9.68. The zero-order valence-corrected chi connectivity index (χ0v) is 17.7. The van der Waals surface area contributed by atoms with Crippen molar-refractivity contribution in [3.05, 3.63) is 70.7 Å². The zero-order chi connectivity index (χ0) is 22.8. The number of rotatable bonds is 3. The Morgan fingerprint density at radius 1 is 1.13 bits per heavy atom. The van der Waals surface area contributed by atoms with Gasteiger partial charge in [0.25, 0.3) is 5.91 Å². The molecule has 7 heteroatoms. The van der Waals surface area contributed by atoms with Crippen LogP contribution < -0.4 is 5.32 Å². The molecule has 0 radical (unpaired) electrons. The van der Waals surface area contributed by atoms with E-state index in [4.69, 9.17) is 0 Å². The quantitative estimate of drug-likeness (QED) is 0.581. The fourth-order valence-corrected chi connectivity index (χ4v) is 2.92. The van der Waals surface area contributed by atoms with Gasteiger partial charge in [-0.3, -0.25) is 9.78 Å². The fourth-order valence-electron chi connectivity index (χ4n) is 2.92. The monoisotopic (exact) mass is 425 g/mol. The minimum Gasteiger partial charge on any atom is -0.345 e. The molecule has 0 saturated carbocycles. The Morgan fingerprint density at radius 2 is 1.87 bits per heavy atom. The third-order valence-corrected chi connectivity index (χ3v) is 4.40. The lowest BCUT2D eigenvalue weighted by Gasteiger charge is -2.14. The van der Waals surface area contributed by atoms with Crippen molar-refractivity contribution in [3.63, 3.8) is 0 Å². The van der Waals surface area contributed by atoms with Gasteiger partial charge in [0.05, 0.1) is 23.3 Å². The molecular weight excluding hydrogens is 403 g/mol. The lowest BCUT2D eigenvalue weighted by atomic mass is 9.96. The Morgan fingerprint density at radius 3 is 2.48 bits per heavy atom. The van der Waals surface area contributed by atoms with E-state index >= 15 is 0 Å². The topological polar surface area (TPSA) is 54.9 Å². The number of nitrogens with one attached hydrogen (secondary N) is 1. The lowest BCUT2D eigenvalue weighted by molar-refractivity contribution is -0.136. The molecule has 2 aromatic heterocycles. The predicted octanol–water partition coefficient (Wildman–Crippen LogP) is 5.28. The molecule has 0 aliphatic carbocycles. The van der Waals surface area contributed by atoms with E-state index in [1.54, 1.807) is 37.4 Å². The number of aromatic nitrogens is 2. The number of alkyl halides is 3. The van der Waals surface area contributed by atoms with Gasteiger partial charge in [-0.2, -0.15) is 13.2 Å². The van der Waals surface area contributed by atoms with Crippen LogP contribution in [-0.2, 0) is 12.7 Å². The number of hydrogen-bond donors (Lipinski definition) is 1. The normalized spacial score (nSPS) is 11.7. The van der Waals surface area contributed by atoms with Gasteiger partial charge >= 0.3 is 6.18 Å². The zero-order valence-electron chi connectivity index (χ0n) is 17.7. The van der Waals surface area contributed by atoms with Gasteiger partial charge in [0, 0.05) is 22.6 Å². The van der Waals surface area contributed by atoms with Crippen LogP contribution in [0.3, 0.4) is 0 Å². The van der Waals surface area contributed by atoms with E-state index in [1.807, 2.05) is 20.8 Å². The van der Waals surface area contributed by atoms with Gasteiger partial charge in [-0.25, -0.2) is 4.98 Å². The molecule has 2 heterocycles. The molecule has 0 atom stereocenters. The number of nitrogens with zero attached hydrogens (tertiary/aromatic N) is 2. The number of hydrogen-bond acceptors (Lipinski definition) is 3. The summed E-state index contributed by atoms with van der Waals surface area (Å²) >= 11 is 0. The summed E-state index contributed by atoms with van der Waals surface area (Å²) in [5, 5.41) is 2.96. The van der Waals surface area contributed by atoms with Crippen molar-refractivity contribution in [2.24, 2.45) is 5.41 Å². The molecule has 0 unspecified atom stereocenters. The summed E-state index contributed by atoms with van der Waals surface area (Å²) < 4.78 is 41.4. The van der Waals surface area contributed by atoms with E-state index in [0.717, 1.165) is 6.07 Å². The molecule has 1 aromatic carbocycles. The van der Waals surface area contributed by atoms with Crippen molar-refractivity contribution in [2.75, 3.05) is 0 Å². The first kappa shape index (κ1) is 22.3. The Balaban J connectivity index is 2.05. The summed E-state index contributed by atoms with van der Waals surface area (Å²) in [5.74, 6) is 5.21. The number of benzene rings is 1. The van der Waals surface area contributed by atoms with Crippen LogP contribution in [0.25, 0.3) is 10.9 Å². The lowest BCUT2D eigenvalue weighted by Crippen LogP contribution is -2.24. The highest BCUT2D eigenvalue weighted by molar-refractivity contribution is 5.97. The van der Waals surface area contributed by atoms with Gasteiger partial charge in [-0.1, -0.05) is 17.9 Å². The number of aryl methyl sites for hydroxylation is 1. The van der Waals surface area contributed by atoms with Crippen LogP contribution in [0.5, 0.6) is 0 Å². The van der Waals surface area contributed by atoms with Gasteiger partial charge in [0.2, 0.25) is 0 Å². The molecule has 4 nitrogen and oxygen atoms in total. The van der Waals surface area contributed by atoms with Crippen molar-refractivity contribution in [3.8, 4) is 11.8 Å². The summed E-state index contributed by atoms with van der Waals surface area (Å²) in [6, 6.07) is 9.32. The number of amides is 1. The SMILES string of the molecule is Cc1cc(C(=O)NCc2ccccn2)nc2c(C(F)(F)F)cc(C#CC(C)(C)C)cc12. The van der Waals surface area contributed by atoms with Gasteiger partial charge in [0.15, 0.2) is 0 Å². The number of carbonyl (C=O) groups excluding carboxylic acids is 1. The second-order valence-electron chi connectivity index (χ2n) is 8.25. The van der Waals surface area contributed by atoms with Gasteiger partial charge in [-0.15, -0.1) is 0 Å². The number of halogens is 3. The summed E-state index contributed by atoms with van der Waals surface area (Å²) in [6.45, 7) is 7.45. The van der Waals surface area contributed by atoms with Gasteiger partial charge < -0.3 is 5.32 Å². The second-order valence-corrected chi connectivity index (χ2v) is 8.25. The predicted molar refractivity (Wildman–Crippen MR) is 113 cm³/mol. The van der Waals surface area contributed by atoms with Crippen molar-refractivity contribution in [1.29, 1.82) is 0 Å². The largest absolute Gasteiger partial charge is 0.418 e. The van der Waals surface area contributed by atoms with E-state index < -0.39 is 17.6 Å². The maximum Gasteiger partial charge on any atom is 0.418 e. The summed E-state index contributed by atoms with van der Waals surface area (Å²) in [6.07, 6.45) is -3.05. The number of pyridine rings is 2. The first-order valence-corrected chi connectivity index (χ1v) is 9.68. The summed E-state index contributed by atoms with van der Waals surface area (Å²) in [7, 11) is 0. The van der Waals surface area contributed by atoms with E-state index in [9.17, 15) is 18.0 Å². The molecule has 160 valence electrons. The van der Waals surface area contributed by atoms with Crippen molar-refractivity contribution in [1.82, 2.24) is 15.3 Å². The summed E-state index contributed by atoms with van der Waals surface area (Å²) in [5.41, 5.74) is -0.213. The van der Waals surface area contributed by atoms with Crippen molar-refractivity contribution in [2.45, 2.75) is 40.4 Å². The Labute approximate surface area is 178 Å². The Hall–Kier alpha value is -3.40. The third-order valence-electron chi connectivity index (χ3n) is 4.40. The van der Waals surface area contributed by atoms with Gasteiger partial charge in [-0.05, 0) is 63.6 Å². The molecule has 0 bridgehead atoms. The molecule has 3 aromatic rings. The van der Waals surface area contributed by atoms with E-state index in [1.165, 1.54) is 6.07 Å². The van der Waals surface area contributed by atoms with Gasteiger partial charge in [0.1, 0.15) is 5.69 Å². The minimum atomic E-state index is -4.64. The Bertz CT molecular complexity index is 1180.